The number of Topliss-reactive ketones (excluding diaryl/α,β-unsaturated/α-hetero) is 1. The van der Waals surface area contributed by atoms with Crippen molar-refractivity contribution in [1.82, 2.24) is 0 Å². The molecule has 0 bridgehead atoms. The molecule has 1 aromatic carbocycles. The predicted molar refractivity (Wildman–Crippen MR) is 106 cm³/mol. The third kappa shape index (κ3) is 5.00. The molecule has 0 saturated carbocycles. The Morgan fingerprint density at radius 3 is 2.62 bits per heavy atom. The van der Waals surface area contributed by atoms with E-state index in [4.69, 9.17) is 5.73 Å². The molecule has 1 aromatic rings. The van der Waals surface area contributed by atoms with E-state index in [0.29, 0.717) is 6.42 Å². The Morgan fingerprint density at radius 1 is 1.38 bits per heavy atom. The molecule has 4 nitrogen and oxygen atoms in total. The minimum Gasteiger partial charge on any atom is -0.321 e. The van der Waals surface area contributed by atoms with Gasteiger partial charge < -0.3 is 5.73 Å². The lowest BCUT2D eigenvalue weighted by Crippen LogP contribution is -2.35. The zero-order valence-corrected chi connectivity index (χ0v) is 16.0. The first-order valence-corrected chi connectivity index (χ1v) is 8.87. The molecule has 2 N–H and O–H groups in total. The molecule has 0 fully saturated rings. The number of nitrogens with zero attached hydrogens (tertiary/aromatic N) is 2. The summed E-state index contributed by atoms with van der Waals surface area (Å²) >= 11 is 0. The van der Waals surface area contributed by atoms with Crippen LogP contribution in [-0.4, -0.2) is 11.5 Å². The number of hydrogen-bond acceptors (Lipinski definition) is 4. The van der Waals surface area contributed by atoms with Crippen LogP contribution < -0.4 is 5.73 Å². The van der Waals surface area contributed by atoms with Gasteiger partial charge in [0, 0.05) is 24.1 Å². The first-order chi connectivity index (χ1) is 12.1. The number of nitriles is 1. The fourth-order valence-corrected chi connectivity index (χ4v) is 3.22. The molecular weight excluding hydrogens is 322 g/mol. The second kappa shape index (κ2) is 7.80. The van der Waals surface area contributed by atoms with Gasteiger partial charge in [0.05, 0.1) is 17.2 Å². The predicted octanol–water partition coefficient (Wildman–Crippen LogP) is 4.43. The molecule has 1 aliphatic rings. The molecule has 0 radical (unpaired) electrons. The molecule has 2 unspecified atom stereocenters. The van der Waals surface area contributed by atoms with Crippen LogP contribution in [0.2, 0.25) is 0 Å². The van der Waals surface area contributed by atoms with Crippen molar-refractivity contribution < 1.29 is 4.79 Å². The van der Waals surface area contributed by atoms with E-state index in [0.717, 1.165) is 22.5 Å². The Balaban J connectivity index is 2.03. The van der Waals surface area contributed by atoms with Gasteiger partial charge in [-0.2, -0.15) is 5.26 Å². The smallest absolute Gasteiger partial charge is 0.140 e. The Labute approximate surface area is 156 Å². The van der Waals surface area contributed by atoms with Crippen molar-refractivity contribution in [3.05, 3.63) is 59.3 Å². The maximum absolute atomic E-state index is 12.5. The van der Waals surface area contributed by atoms with Gasteiger partial charge >= 0.3 is 0 Å². The average Bonchev–Trinajstić information content (AvgIpc) is 2.58. The quantitative estimate of drug-likeness (QED) is 0.771. The van der Waals surface area contributed by atoms with E-state index in [9.17, 15) is 10.1 Å². The number of carbonyl (C=O) groups is 1. The lowest BCUT2D eigenvalue weighted by atomic mass is 9.82. The van der Waals surface area contributed by atoms with Gasteiger partial charge in [0.2, 0.25) is 0 Å². The molecular formula is C22H27N3O. The topological polar surface area (TPSA) is 79.2 Å². The fraction of sp³-hybridized carbons (Fsp3) is 0.409. The SMILES string of the molecule is CC1=CC(C)(C#N)CC=C1/N=C(\C)CC(=O)CC(C)(N)c1ccccc1. The summed E-state index contributed by atoms with van der Waals surface area (Å²) in [5.41, 5.74) is 8.73. The highest BCUT2D eigenvalue weighted by atomic mass is 16.1. The number of carbonyl (C=O) groups excluding carboxylic acids is 1. The van der Waals surface area contributed by atoms with Crippen LogP contribution in [0.25, 0.3) is 0 Å². The van der Waals surface area contributed by atoms with E-state index in [2.05, 4.69) is 11.1 Å². The maximum Gasteiger partial charge on any atom is 0.140 e. The molecule has 26 heavy (non-hydrogen) atoms. The highest BCUT2D eigenvalue weighted by Crippen LogP contribution is 2.33. The number of hydrogen-bond donors (Lipinski definition) is 1. The van der Waals surface area contributed by atoms with Gasteiger partial charge in [-0.25, -0.2) is 0 Å². The van der Waals surface area contributed by atoms with Crippen LogP contribution in [0.5, 0.6) is 0 Å². The van der Waals surface area contributed by atoms with Crippen molar-refractivity contribution in [2.45, 2.75) is 52.5 Å². The lowest BCUT2D eigenvalue weighted by molar-refractivity contribution is -0.119. The Hall–Kier alpha value is -2.51. The highest BCUT2D eigenvalue weighted by Gasteiger charge is 2.26. The van der Waals surface area contributed by atoms with Crippen molar-refractivity contribution in [3.63, 3.8) is 0 Å². The summed E-state index contributed by atoms with van der Waals surface area (Å²) in [5, 5.41) is 9.24. The third-order valence-corrected chi connectivity index (χ3v) is 4.68. The molecule has 2 atom stereocenters. The number of aliphatic imine (C=N–C) groups is 1. The summed E-state index contributed by atoms with van der Waals surface area (Å²) in [6, 6.07) is 12.0. The number of nitrogens with two attached hydrogens (primary N) is 1. The zero-order valence-electron chi connectivity index (χ0n) is 16.0. The minimum absolute atomic E-state index is 0.0695. The number of benzene rings is 1. The molecule has 0 spiro atoms. The van der Waals surface area contributed by atoms with Gasteiger partial charge in [0.15, 0.2) is 0 Å². The van der Waals surface area contributed by atoms with Crippen LogP contribution in [0.4, 0.5) is 0 Å². The van der Waals surface area contributed by atoms with Gasteiger partial charge in [-0.05, 0) is 45.3 Å². The van der Waals surface area contributed by atoms with Crippen molar-refractivity contribution in [2.24, 2.45) is 16.1 Å². The summed E-state index contributed by atoms with van der Waals surface area (Å²) in [4.78, 5) is 17.1. The van der Waals surface area contributed by atoms with Crippen LogP contribution in [0.15, 0.2) is 58.7 Å². The van der Waals surface area contributed by atoms with Gasteiger partial charge in [0.25, 0.3) is 0 Å². The van der Waals surface area contributed by atoms with Crippen LogP contribution in [-0.2, 0) is 10.3 Å². The second-order valence-electron chi connectivity index (χ2n) is 7.67. The molecule has 0 aliphatic heterocycles. The average molecular weight is 349 g/mol. The van der Waals surface area contributed by atoms with Crippen LogP contribution >= 0.6 is 0 Å². The Bertz CT molecular complexity index is 810. The molecule has 0 saturated heterocycles. The van der Waals surface area contributed by atoms with Crippen LogP contribution in [0.3, 0.4) is 0 Å². The maximum atomic E-state index is 12.5. The van der Waals surface area contributed by atoms with Gasteiger partial charge in [-0.15, -0.1) is 0 Å². The molecule has 0 heterocycles. The summed E-state index contributed by atoms with van der Waals surface area (Å²) in [6.45, 7) is 7.60. The summed E-state index contributed by atoms with van der Waals surface area (Å²) in [6.07, 6.45) is 5.11. The highest BCUT2D eigenvalue weighted by molar-refractivity contribution is 6.01. The van der Waals surface area contributed by atoms with Crippen molar-refractivity contribution >= 4 is 11.5 Å². The van der Waals surface area contributed by atoms with E-state index in [1.807, 2.05) is 70.2 Å². The van der Waals surface area contributed by atoms with Crippen LogP contribution in [0, 0.1) is 16.7 Å². The molecule has 0 amide bonds. The minimum atomic E-state index is -0.687. The number of allylic oxidation sites excluding steroid dienone is 3. The number of ketones is 1. The fourth-order valence-electron chi connectivity index (χ4n) is 3.22. The summed E-state index contributed by atoms with van der Waals surface area (Å²) in [5.74, 6) is 0.0695. The normalized spacial score (nSPS) is 22.7. The van der Waals surface area contributed by atoms with Crippen molar-refractivity contribution in [2.75, 3.05) is 0 Å². The standard InChI is InChI=1S/C22H27N3O/c1-16-13-21(3,15-23)11-10-20(16)25-17(2)12-19(26)14-22(4,24)18-8-6-5-7-9-18/h5-10,13H,11-12,14,24H2,1-4H3/b25-17+. The Morgan fingerprint density at radius 2 is 2.04 bits per heavy atom. The third-order valence-electron chi connectivity index (χ3n) is 4.68. The Kier molecular flexibility index (Phi) is 5.94. The van der Waals surface area contributed by atoms with Crippen LogP contribution in [0.1, 0.15) is 52.5 Å². The van der Waals surface area contributed by atoms with Crippen molar-refractivity contribution in [1.29, 1.82) is 5.26 Å². The van der Waals surface area contributed by atoms with Gasteiger partial charge in [-0.3, -0.25) is 9.79 Å². The summed E-state index contributed by atoms with van der Waals surface area (Å²) < 4.78 is 0. The van der Waals surface area contributed by atoms with Gasteiger partial charge in [0.1, 0.15) is 5.78 Å². The largest absolute Gasteiger partial charge is 0.321 e. The van der Waals surface area contributed by atoms with E-state index in [-0.39, 0.29) is 18.6 Å². The molecule has 1 aliphatic carbocycles. The number of rotatable bonds is 6. The second-order valence-corrected chi connectivity index (χ2v) is 7.67. The molecule has 0 aromatic heterocycles. The lowest BCUT2D eigenvalue weighted by Gasteiger charge is -2.24. The van der Waals surface area contributed by atoms with E-state index in [1.54, 1.807) is 0 Å². The van der Waals surface area contributed by atoms with E-state index in [1.165, 1.54) is 0 Å². The first kappa shape index (κ1) is 19.8. The van der Waals surface area contributed by atoms with E-state index >= 15 is 0 Å². The molecule has 2 rings (SSSR count). The summed E-state index contributed by atoms with van der Waals surface area (Å²) in [7, 11) is 0. The molecule has 4 heteroatoms. The first-order valence-electron chi connectivity index (χ1n) is 8.87. The molecule has 136 valence electrons. The van der Waals surface area contributed by atoms with Crippen molar-refractivity contribution in [3.8, 4) is 6.07 Å². The van der Waals surface area contributed by atoms with Gasteiger partial charge in [-0.1, -0.05) is 42.5 Å². The van der Waals surface area contributed by atoms with E-state index < -0.39 is 11.0 Å². The zero-order chi connectivity index (χ0) is 19.4. The monoisotopic (exact) mass is 349 g/mol.